The van der Waals surface area contributed by atoms with Gasteiger partial charge in [-0.25, -0.2) is 0 Å². The number of carbonyl (C=O) groups is 1. The van der Waals surface area contributed by atoms with Crippen molar-refractivity contribution in [2.75, 3.05) is 25.0 Å². The highest BCUT2D eigenvalue weighted by Gasteiger charge is 2.33. The van der Waals surface area contributed by atoms with E-state index in [1.165, 1.54) is 18.1 Å². The van der Waals surface area contributed by atoms with Crippen molar-refractivity contribution in [2.45, 2.75) is 38.8 Å². The number of aliphatic hydroxyl groups is 1. The maximum atomic E-state index is 11.1. The summed E-state index contributed by atoms with van der Waals surface area (Å²) in [5.74, 6) is 0.738. The van der Waals surface area contributed by atoms with E-state index in [-0.39, 0.29) is 5.91 Å². The van der Waals surface area contributed by atoms with Gasteiger partial charge in [0.2, 0.25) is 5.91 Å². The minimum atomic E-state index is -0.767. The van der Waals surface area contributed by atoms with E-state index in [2.05, 4.69) is 10.2 Å². The fourth-order valence-corrected chi connectivity index (χ4v) is 3.28. The summed E-state index contributed by atoms with van der Waals surface area (Å²) in [6.45, 7) is 6.39. The number of aryl methyl sites for hydroxylation is 1. The number of nitrogens with zero attached hydrogens (tertiary/aromatic N) is 1. The molecule has 0 unspecified atom stereocenters. The number of amides is 1. The molecular formula is C22H28N2O3. The van der Waals surface area contributed by atoms with Crippen LogP contribution in [0.4, 0.5) is 5.69 Å². The summed E-state index contributed by atoms with van der Waals surface area (Å²) in [4.78, 5) is 13.4. The molecule has 5 nitrogen and oxygen atoms in total. The lowest BCUT2D eigenvalue weighted by Gasteiger charge is -2.38. The lowest BCUT2D eigenvalue weighted by atomic mass is 9.92. The second-order valence-corrected chi connectivity index (χ2v) is 7.48. The molecule has 0 spiro atoms. The lowest BCUT2D eigenvalue weighted by Crippen LogP contribution is -2.47. The highest BCUT2D eigenvalue weighted by Crippen LogP contribution is 2.25. The number of nitrogens with one attached hydrogen (secondary N) is 1. The molecular weight excluding hydrogens is 340 g/mol. The molecule has 0 bridgehead atoms. The number of likely N-dealkylation sites (tertiary alicyclic amines) is 1. The third-order valence-electron chi connectivity index (χ3n) is 5.00. The van der Waals surface area contributed by atoms with Crippen molar-refractivity contribution in [1.82, 2.24) is 4.90 Å². The molecule has 1 aliphatic rings. The Kier molecular flexibility index (Phi) is 6.14. The number of carbonyl (C=O) groups excluding carboxylic acids is 1. The molecule has 2 aromatic rings. The number of rotatable bonds is 6. The first-order chi connectivity index (χ1) is 12.9. The summed E-state index contributed by atoms with van der Waals surface area (Å²) in [6, 6.07) is 15.8. The molecule has 2 N–H and O–H groups in total. The third kappa shape index (κ3) is 5.81. The summed E-state index contributed by atoms with van der Waals surface area (Å²) in [5, 5.41) is 13.6. The van der Waals surface area contributed by atoms with Crippen LogP contribution >= 0.6 is 0 Å². The van der Waals surface area contributed by atoms with Crippen LogP contribution in [0.1, 0.15) is 30.9 Å². The standard InChI is InChI=1S/C22H28N2O3/c1-17-3-9-21(10-4-17)27-16-22(26)11-13-24(14-12-22)15-19-5-7-20(8-6-19)23-18(2)25/h3-10,26H,11-16H2,1-2H3,(H,23,25). The van der Waals surface area contributed by atoms with Gasteiger partial charge in [0.25, 0.3) is 0 Å². The summed E-state index contributed by atoms with van der Waals surface area (Å²) in [7, 11) is 0. The van der Waals surface area contributed by atoms with E-state index in [0.29, 0.717) is 19.4 Å². The summed E-state index contributed by atoms with van der Waals surface area (Å²) in [6.07, 6.45) is 1.39. The van der Waals surface area contributed by atoms with Crippen molar-refractivity contribution in [3.63, 3.8) is 0 Å². The van der Waals surface area contributed by atoms with E-state index in [4.69, 9.17) is 4.74 Å². The van der Waals surface area contributed by atoms with Gasteiger partial charge in [0.15, 0.2) is 0 Å². The predicted molar refractivity (Wildman–Crippen MR) is 107 cm³/mol. The Bertz CT molecular complexity index is 748. The quantitative estimate of drug-likeness (QED) is 0.821. The minimum absolute atomic E-state index is 0.0640. The predicted octanol–water partition coefficient (Wildman–Crippen LogP) is 3.36. The van der Waals surface area contributed by atoms with Crippen LogP contribution < -0.4 is 10.1 Å². The van der Waals surface area contributed by atoms with E-state index in [1.807, 2.05) is 55.5 Å². The molecule has 2 aromatic carbocycles. The van der Waals surface area contributed by atoms with Crippen LogP contribution in [0.5, 0.6) is 5.75 Å². The highest BCUT2D eigenvalue weighted by molar-refractivity contribution is 5.88. The van der Waals surface area contributed by atoms with Crippen molar-refractivity contribution in [3.8, 4) is 5.75 Å². The molecule has 1 saturated heterocycles. The van der Waals surface area contributed by atoms with E-state index < -0.39 is 5.60 Å². The van der Waals surface area contributed by atoms with Gasteiger partial charge in [0.1, 0.15) is 18.0 Å². The molecule has 0 aromatic heterocycles. The Morgan fingerprint density at radius 3 is 2.33 bits per heavy atom. The van der Waals surface area contributed by atoms with Gasteiger partial charge in [-0.05, 0) is 49.6 Å². The van der Waals surface area contributed by atoms with Crippen LogP contribution in [0.25, 0.3) is 0 Å². The molecule has 27 heavy (non-hydrogen) atoms. The molecule has 1 amide bonds. The van der Waals surface area contributed by atoms with Gasteiger partial charge in [-0.3, -0.25) is 9.69 Å². The maximum absolute atomic E-state index is 11.1. The van der Waals surface area contributed by atoms with Crippen molar-refractivity contribution in [1.29, 1.82) is 0 Å². The van der Waals surface area contributed by atoms with Crippen molar-refractivity contribution < 1.29 is 14.6 Å². The van der Waals surface area contributed by atoms with Gasteiger partial charge < -0.3 is 15.2 Å². The number of hydrogen-bond acceptors (Lipinski definition) is 4. The first-order valence-corrected chi connectivity index (χ1v) is 9.43. The molecule has 1 aliphatic heterocycles. The van der Waals surface area contributed by atoms with Gasteiger partial charge in [-0.1, -0.05) is 29.8 Å². The smallest absolute Gasteiger partial charge is 0.221 e. The number of piperidine rings is 1. The number of anilines is 1. The Hall–Kier alpha value is -2.37. The van der Waals surface area contributed by atoms with Crippen LogP contribution in [0.3, 0.4) is 0 Å². The zero-order valence-electron chi connectivity index (χ0n) is 16.1. The lowest BCUT2D eigenvalue weighted by molar-refractivity contribution is -0.114. The van der Waals surface area contributed by atoms with Gasteiger partial charge in [0, 0.05) is 32.2 Å². The van der Waals surface area contributed by atoms with E-state index >= 15 is 0 Å². The molecule has 0 aliphatic carbocycles. The number of hydrogen-bond donors (Lipinski definition) is 2. The summed E-state index contributed by atoms with van der Waals surface area (Å²) < 4.78 is 5.80. The van der Waals surface area contributed by atoms with E-state index in [9.17, 15) is 9.90 Å². The normalized spacial score (nSPS) is 16.7. The minimum Gasteiger partial charge on any atom is -0.491 e. The molecule has 0 atom stereocenters. The van der Waals surface area contributed by atoms with Gasteiger partial charge >= 0.3 is 0 Å². The van der Waals surface area contributed by atoms with Crippen molar-refractivity contribution in [3.05, 3.63) is 59.7 Å². The summed E-state index contributed by atoms with van der Waals surface area (Å²) in [5.41, 5.74) is 2.44. The first-order valence-electron chi connectivity index (χ1n) is 9.43. The van der Waals surface area contributed by atoms with Crippen LogP contribution in [0.2, 0.25) is 0 Å². The zero-order chi connectivity index (χ0) is 19.3. The second-order valence-electron chi connectivity index (χ2n) is 7.48. The monoisotopic (exact) mass is 368 g/mol. The topological polar surface area (TPSA) is 61.8 Å². The summed E-state index contributed by atoms with van der Waals surface area (Å²) >= 11 is 0. The van der Waals surface area contributed by atoms with E-state index in [1.54, 1.807) is 0 Å². The molecule has 0 saturated carbocycles. The molecule has 0 radical (unpaired) electrons. The fourth-order valence-electron chi connectivity index (χ4n) is 3.28. The van der Waals surface area contributed by atoms with Crippen LogP contribution in [0.15, 0.2) is 48.5 Å². The van der Waals surface area contributed by atoms with Gasteiger partial charge in [-0.2, -0.15) is 0 Å². The molecule has 3 rings (SSSR count). The zero-order valence-corrected chi connectivity index (χ0v) is 16.1. The van der Waals surface area contributed by atoms with Crippen molar-refractivity contribution in [2.24, 2.45) is 0 Å². The third-order valence-corrected chi connectivity index (χ3v) is 5.00. The first kappa shape index (κ1) is 19.4. The maximum Gasteiger partial charge on any atom is 0.221 e. The molecule has 5 heteroatoms. The SMILES string of the molecule is CC(=O)Nc1ccc(CN2CCC(O)(COc3ccc(C)cc3)CC2)cc1. The largest absolute Gasteiger partial charge is 0.491 e. The highest BCUT2D eigenvalue weighted by atomic mass is 16.5. The Labute approximate surface area is 161 Å². The molecule has 144 valence electrons. The Balaban J connectivity index is 1.46. The molecule has 1 fully saturated rings. The van der Waals surface area contributed by atoms with Gasteiger partial charge in [0.05, 0.1) is 0 Å². The van der Waals surface area contributed by atoms with Crippen LogP contribution in [-0.2, 0) is 11.3 Å². The average molecular weight is 368 g/mol. The van der Waals surface area contributed by atoms with Crippen LogP contribution in [0, 0.1) is 6.92 Å². The fraction of sp³-hybridized carbons (Fsp3) is 0.409. The Morgan fingerprint density at radius 2 is 1.74 bits per heavy atom. The number of ether oxygens (including phenoxy) is 1. The second kappa shape index (κ2) is 8.55. The van der Waals surface area contributed by atoms with Crippen molar-refractivity contribution >= 4 is 11.6 Å². The van der Waals surface area contributed by atoms with Gasteiger partial charge in [-0.15, -0.1) is 0 Å². The number of benzene rings is 2. The Morgan fingerprint density at radius 1 is 1.11 bits per heavy atom. The van der Waals surface area contributed by atoms with Crippen LogP contribution in [-0.4, -0.2) is 41.2 Å². The average Bonchev–Trinajstić information content (AvgIpc) is 2.65. The van der Waals surface area contributed by atoms with E-state index in [0.717, 1.165) is 31.1 Å². The molecule has 1 heterocycles.